The molecular formula is C14H11N5O2S. The van der Waals surface area contributed by atoms with Gasteiger partial charge in [-0.2, -0.15) is 15.3 Å². The third kappa shape index (κ3) is 2.71. The van der Waals surface area contributed by atoms with Crippen LogP contribution in [0.1, 0.15) is 15.9 Å². The standard InChI is InChI=1S/C14H11N5O2S/c15-5-9-1-3-10(4-2-9)13(21)11-6-19(12(20)7-22-11)14-16-8-17-18-14/h1-4,8,11H,6-7H2,(H,16,17,18). The van der Waals surface area contributed by atoms with Crippen molar-refractivity contribution in [2.75, 3.05) is 17.2 Å². The molecule has 0 aliphatic carbocycles. The van der Waals surface area contributed by atoms with Crippen molar-refractivity contribution >= 4 is 29.4 Å². The zero-order chi connectivity index (χ0) is 15.5. The van der Waals surface area contributed by atoms with Crippen LogP contribution in [0.5, 0.6) is 0 Å². The lowest BCUT2D eigenvalue weighted by atomic mass is 10.1. The molecule has 2 heterocycles. The summed E-state index contributed by atoms with van der Waals surface area (Å²) in [6.45, 7) is 0.248. The second-order valence-corrected chi connectivity index (χ2v) is 5.86. The van der Waals surface area contributed by atoms with Crippen LogP contribution in [0.25, 0.3) is 0 Å². The first-order valence-electron chi connectivity index (χ1n) is 6.51. The highest BCUT2D eigenvalue weighted by Gasteiger charge is 2.33. The van der Waals surface area contributed by atoms with Gasteiger partial charge in [-0.25, -0.2) is 5.10 Å². The van der Waals surface area contributed by atoms with E-state index in [1.54, 1.807) is 24.3 Å². The molecule has 1 aromatic carbocycles. The van der Waals surface area contributed by atoms with E-state index in [1.165, 1.54) is 23.0 Å². The second kappa shape index (κ2) is 5.99. The number of anilines is 1. The SMILES string of the molecule is N#Cc1ccc(C(=O)C2CN(c3ncn[nH]3)C(=O)CS2)cc1. The number of benzene rings is 1. The molecule has 1 atom stereocenters. The maximum atomic E-state index is 12.5. The van der Waals surface area contributed by atoms with Gasteiger partial charge in [-0.15, -0.1) is 11.8 Å². The summed E-state index contributed by atoms with van der Waals surface area (Å²) >= 11 is 1.32. The van der Waals surface area contributed by atoms with E-state index >= 15 is 0 Å². The minimum atomic E-state index is -0.365. The Morgan fingerprint density at radius 1 is 1.41 bits per heavy atom. The average Bonchev–Trinajstić information content (AvgIpc) is 3.09. The van der Waals surface area contributed by atoms with Crippen LogP contribution in [-0.2, 0) is 4.79 Å². The summed E-state index contributed by atoms with van der Waals surface area (Å²) < 4.78 is 0. The number of carbonyl (C=O) groups is 2. The van der Waals surface area contributed by atoms with Crippen LogP contribution in [0.3, 0.4) is 0 Å². The Bertz CT molecular complexity index is 736. The number of amides is 1. The third-order valence-corrected chi connectivity index (χ3v) is 4.49. The largest absolute Gasteiger partial charge is 0.293 e. The average molecular weight is 313 g/mol. The number of Topliss-reactive ketones (excluding diaryl/α,β-unsaturated/α-hetero) is 1. The molecule has 7 nitrogen and oxygen atoms in total. The number of H-pyrrole nitrogens is 1. The lowest BCUT2D eigenvalue weighted by Gasteiger charge is -2.29. The van der Waals surface area contributed by atoms with Crippen molar-refractivity contribution in [3.8, 4) is 6.07 Å². The Morgan fingerprint density at radius 3 is 2.82 bits per heavy atom. The van der Waals surface area contributed by atoms with Gasteiger partial charge in [0, 0.05) is 12.1 Å². The number of thioether (sulfide) groups is 1. The molecule has 1 fully saturated rings. The maximum Gasteiger partial charge on any atom is 0.239 e. The molecule has 1 aliphatic heterocycles. The highest BCUT2D eigenvalue weighted by atomic mass is 32.2. The Morgan fingerprint density at radius 2 is 2.18 bits per heavy atom. The van der Waals surface area contributed by atoms with Gasteiger partial charge in [0.2, 0.25) is 11.9 Å². The molecule has 8 heteroatoms. The number of carbonyl (C=O) groups excluding carboxylic acids is 2. The van der Waals surface area contributed by atoms with Crippen molar-refractivity contribution in [1.29, 1.82) is 5.26 Å². The number of hydrogen-bond donors (Lipinski definition) is 1. The molecule has 3 rings (SSSR count). The first-order valence-corrected chi connectivity index (χ1v) is 7.55. The summed E-state index contributed by atoms with van der Waals surface area (Å²) in [4.78, 5) is 29.9. The van der Waals surface area contributed by atoms with Gasteiger partial charge in [-0.1, -0.05) is 12.1 Å². The maximum absolute atomic E-state index is 12.5. The summed E-state index contributed by atoms with van der Waals surface area (Å²) in [7, 11) is 0. The first kappa shape index (κ1) is 14.3. The minimum absolute atomic E-state index is 0.0634. The van der Waals surface area contributed by atoms with E-state index in [4.69, 9.17) is 5.26 Å². The molecule has 0 radical (unpaired) electrons. The molecular weight excluding hydrogens is 302 g/mol. The third-order valence-electron chi connectivity index (χ3n) is 3.31. The summed E-state index contributed by atoms with van der Waals surface area (Å²) in [5.41, 5.74) is 1.04. The molecule has 1 saturated heterocycles. The van der Waals surface area contributed by atoms with Gasteiger partial charge in [0.05, 0.1) is 22.6 Å². The van der Waals surface area contributed by atoms with Gasteiger partial charge >= 0.3 is 0 Å². The fourth-order valence-electron chi connectivity index (χ4n) is 2.16. The highest BCUT2D eigenvalue weighted by molar-refractivity contribution is 8.01. The van der Waals surface area contributed by atoms with E-state index in [0.717, 1.165) is 0 Å². The quantitative estimate of drug-likeness (QED) is 0.848. The van der Waals surface area contributed by atoms with E-state index in [1.807, 2.05) is 6.07 Å². The predicted molar refractivity (Wildman–Crippen MR) is 80.5 cm³/mol. The van der Waals surface area contributed by atoms with Gasteiger partial charge in [0.1, 0.15) is 6.33 Å². The van der Waals surface area contributed by atoms with Crippen LogP contribution >= 0.6 is 11.8 Å². The fraction of sp³-hybridized carbons (Fsp3) is 0.214. The lowest BCUT2D eigenvalue weighted by molar-refractivity contribution is -0.116. The van der Waals surface area contributed by atoms with E-state index in [9.17, 15) is 9.59 Å². The number of rotatable bonds is 3. The predicted octanol–water partition coefficient (Wildman–Crippen LogP) is 1.01. The minimum Gasteiger partial charge on any atom is -0.293 e. The Kier molecular flexibility index (Phi) is 3.89. The molecule has 2 aromatic rings. The monoisotopic (exact) mass is 313 g/mol. The molecule has 0 spiro atoms. The number of nitrogens with one attached hydrogen (secondary N) is 1. The van der Waals surface area contributed by atoms with Crippen molar-refractivity contribution in [1.82, 2.24) is 15.2 Å². The number of nitrogens with zero attached hydrogens (tertiary/aromatic N) is 4. The number of aromatic amines is 1. The van der Waals surface area contributed by atoms with Crippen molar-refractivity contribution in [3.05, 3.63) is 41.7 Å². The van der Waals surface area contributed by atoms with Crippen molar-refractivity contribution in [2.24, 2.45) is 0 Å². The van der Waals surface area contributed by atoms with Crippen molar-refractivity contribution in [2.45, 2.75) is 5.25 Å². The smallest absolute Gasteiger partial charge is 0.239 e. The van der Waals surface area contributed by atoms with Crippen LogP contribution in [0.15, 0.2) is 30.6 Å². The molecule has 22 heavy (non-hydrogen) atoms. The summed E-state index contributed by atoms with van der Waals surface area (Å²) in [5.74, 6) is 0.396. The van der Waals surface area contributed by atoms with Crippen molar-refractivity contribution in [3.63, 3.8) is 0 Å². The fourth-order valence-corrected chi connectivity index (χ4v) is 3.20. The number of nitriles is 1. The summed E-state index contributed by atoms with van der Waals surface area (Å²) in [6.07, 6.45) is 1.32. The zero-order valence-electron chi connectivity index (χ0n) is 11.4. The van der Waals surface area contributed by atoms with E-state index in [2.05, 4.69) is 15.2 Å². The number of ketones is 1. The second-order valence-electron chi connectivity index (χ2n) is 4.67. The van der Waals surface area contributed by atoms with Gasteiger partial charge in [-0.3, -0.25) is 14.5 Å². The van der Waals surface area contributed by atoms with Crippen LogP contribution in [0.4, 0.5) is 5.95 Å². The van der Waals surface area contributed by atoms with E-state index in [0.29, 0.717) is 17.1 Å². The van der Waals surface area contributed by atoms with Crippen LogP contribution in [0.2, 0.25) is 0 Å². The topological polar surface area (TPSA) is 103 Å². The molecule has 1 aliphatic rings. The Hall–Kier alpha value is -2.66. The van der Waals surface area contributed by atoms with E-state index in [-0.39, 0.29) is 29.2 Å². The highest BCUT2D eigenvalue weighted by Crippen LogP contribution is 2.25. The van der Waals surface area contributed by atoms with E-state index < -0.39 is 0 Å². The molecule has 110 valence electrons. The number of aromatic nitrogens is 3. The Labute approximate surface area is 130 Å². The normalized spacial score (nSPS) is 18.0. The summed E-state index contributed by atoms with van der Waals surface area (Å²) in [6, 6.07) is 8.51. The van der Waals surface area contributed by atoms with Crippen LogP contribution in [-0.4, -0.2) is 44.4 Å². The lowest BCUT2D eigenvalue weighted by Crippen LogP contribution is -2.45. The summed E-state index contributed by atoms with van der Waals surface area (Å²) in [5, 5.41) is 14.8. The molecule has 1 unspecified atom stereocenters. The molecule has 1 N–H and O–H groups in total. The van der Waals surface area contributed by atoms with Gasteiger partial charge in [0.25, 0.3) is 0 Å². The van der Waals surface area contributed by atoms with Gasteiger partial charge < -0.3 is 0 Å². The van der Waals surface area contributed by atoms with Crippen LogP contribution in [0, 0.1) is 11.3 Å². The van der Waals surface area contributed by atoms with Gasteiger partial charge in [-0.05, 0) is 12.1 Å². The molecule has 1 aromatic heterocycles. The van der Waals surface area contributed by atoms with Crippen molar-refractivity contribution < 1.29 is 9.59 Å². The zero-order valence-corrected chi connectivity index (χ0v) is 12.2. The first-order chi connectivity index (χ1) is 10.7. The Balaban J connectivity index is 1.78. The molecule has 1 amide bonds. The number of hydrogen-bond acceptors (Lipinski definition) is 6. The van der Waals surface area contributed by atoms with Gasteiger partial charge in [0.15, 0.2) is 5.78 Å². The molecule has 0 saturated carbocycles. The van der Waals surface area contributed by atoms with Crippen LogP contribution < -0.4 is 4.90 Å². The molecule has 0 bridgehead atoms.